The zero-order valence-electron chi connectivity index (χ0n) is 13.3. The van der Waals surface area contributed by atoms with Gasteiger partial charge in [-0.1, -0.05) is 36.4 Å². The van der Waals surface area contributed by atoms with Crippen LogP contribution in [-0.4, -0.2) is 33.4 Å². The quantitative estimate of drug-likeness (QED) is 0.399. The molecule has 1 N–H and O–H groups in total. The normalized spacial score (nSPS) is 16.1. The van der Waals surface area contributed by atoms with Gasteiger partial charge in [0.25, 0.3) is 11.8 Å². The smallest absolute Gasteiger partial charge is 0.265 e. The van der Waals surface area contributed by atoms with Crippen molar-refractivity contribution >= 4 is 35.2 Å². The Morgan fingerprint density at radius 3 is 2.56 bits per heavy atom. The Morgan fingerprint density at radius 1 is 1.16 bits per heavy atom. The number of nitrogens with zero attached hydrogens (tertiary/aromatic N) is 2. The molecular weight excluding hydrogens is 334 g/mol. The summed E-state index contributed by atoms with van der Waals surface area (Å²) in [5, 5.41) is 2.62. The lowest BCUT2D eigenvalue weighted by Gasteiger charge is -2.27. The summed E-state index contributed by atoms with van der Waals surface area (Å²) in [6.07, 6.45) is 6.61. The van der Waals surface area contributed by atoms with E-state index in [0.29, 0.717) is 0 Å². The zero-order valence-corrected chi connectivity index (χ0v) is 14.1. The van der Waals surface area contributed by atoms with Crippen LogP contribution in [0.15, 0.2) is 67.0 Å². The summed E-state index contributed by atoms with van der Waals surface area (Å²) in [6.45, 7) is 3.84. The second-order valence-corrected chi connectivity index (χ2v) is 5.77. The fourth-order valence-electron chi connectivity index (χ4n) is 2.46. The van der Waals surface area contributed by atoms with Crippen LogP contribution in [-0.2, 0) is 9.59 Å². The largest absolute Gasteiger partial charge is 0.298 e. The molecule has 0 unspecified atom stereocenters. The molecule has 1 fully saturated rings. The molecule has 1 aliphatic rings. The summed E-state index contributed by atoms with van der Waals surface area (Å²) in [4.78, 5) is 30.0. The van der Waals surface area contributed by atoms with Crippen molar-refractivity contribution in [1.29, 1.82) is 0 Å². The number of hydrogen-bond acceptors (Lipinski definition) is 4. The third-order valence-electron chi connectivity index (χ3n) is 3.71. The predicted octanol–water partition coefficient (Wildman–Crippen LogP) is 2.56. The van der Waals surface area contributed by atoms with Gasteiger partial charge in [-0.3, -0.25) is 24.8 Å². The van der Waals surface area contributed by atoms with Crippen molar-refractivity contribution < 1.29 is 9.59 Å². The topological polar surface area (TPSA) is 62.3 Å². The zero-order chi connectivity index (χ0) is 17.8. The van der Waals surface area contributed by atoms with Crippen molar-refractivity contribution in [2.24, 2.45) is 0 Å². The van der Waals surface area contributed by atoms with E-state index in [1.165, 1.54) is 4.90 Å². The van der Waals surface area contributed by atoms with Gasteiger partial charge in [0, 0.05) is 18.9 Å². The molecule has 2 heterocycles. The number of aromatic nitrogens is 1. The second-order valence-electron chi connectivity index (χ2n) is 5.39. The summed E-state index contributed by atoms with van der Waals surface area (Å²) in [5.74, 6) is -0.920. The summed E-state index contributed by atoms with van der Waals surface area (Å²) >= 11 is 5.03. The second kappa shape index (κ2) is 7.19. The Balaban J connectivity index is 1.88. The maximum Gasteiger partial charge on any atom is 0.265 e. The van der Waals surface area contributed by atoms with Crippen LogP contribution >= 0.6 is 12.2 Å². The van der Waals surface area contributed by atoms with Gasteiger partial charge in [0.1, 0.15) is 5.57 Å². The van der Waals surface area contributed by atoms with E-state index in [-0.39, 0.29) is 17.2 Å². The van der Waals surface area contributed by atoms with E-state index in [2.05, 4.69) is 16.9 Å². The SMILES string of the molecule is C=CCN1C(=O)/C(=C/c2ccc(-c3cccnc3)cc2)C(=O)NC1=S. The highest BCUT2D eigenvalue weighted by Gasteiger charge is 2.32. The minimum atomic E-state index is -0.494. The van der Waals surface area contributed by atoms with E-state index < -0.39 is 11.8 Å². The van der Waals surface area contributed by atoms with Crippen molar-refractivity contribution in [2.75, 3.05) is 6.54 Å². The van der Waals surface area contributed by atoms with Crippen molar-refractivity contribution in [1.82, 2.24) is 15.2 Å². The summed E-state index contributed by atoms with van der Waals surface area (Å²) in [6, 6.07) is 11.4. The van der Waals surface area contributed by atoms with Gasteiger partial charge in [0.15, 0.2) is 5.11 Å². The van der Waals surface area contributed by atoms with Crippen LogP contribution in [0, 0.1) is 0 Å². The first kappa shape index (κ1) is 16.7. The number of pyridine rings is 1. The fourth-order valence-corrected chi connectivity index (χ4v) is 2.71. The summed E-state index contributed by atoms with van der Waals surface area (Å²) in [5.41, 5.74) is 2.79. The van der Waals surface area contributed by atoms with Crippen molar-refractivity contribution in [3.05, 3.63) is 72.6 Å². The van der Waals surface area contributed by atoms with Crippen LogP contribution in [0.5, 0.6) is 0 Å². The van der Waals surface area contributed by atoms with Crippen molar-refractivity contribution in [3.63, 3.8) is 0 Å². The van der Waals surface area contributed by atoms with Crippen LogP contribution in [0.1, 0.15) is 5.56 Å². The van der Waals surface area contributed by atoms with Gasteiger partial charge in [0.05, 0.1) is 0 Å². The predicted molar refractivity (Wildman–Crippen MR) is 100 cm³/mol. The maximum absolute atomic E-state index is 12.5. The monoisotopic (exact) mass is 349 g/mol. The van der Waals surface area contributed by atoms with Crippen molar-refractivity contribution in [3.8, 4) is 11.1 Å². The maximum atomic E-state index is 12.5. The Morgan fingerprint density at radius 2 is 1.92 bits per heavy atom. The average molecular weight is 349 g/mol. The lowest BCUT2D eigenvalue weighted by molar-refractivity contribution is -0.128. The van der Waals surface area contributed by atoms with Gasteiger partial charge >= 0.3 is 0 Å². The van der Waals surface area contributed by atoms with Gasteiger partial charge in [-0.15, -0.1) is 6.58 Å². The minimum Gasteiger partial charge on any atom is -0.298 e. The average Bonchev–Trinajstić information content (AvgIpc) is 2.63. The molecule has 0 saturated carbocycles. The molecule has 0 radical (unpaired) electrons. The van der Waals surface area contributed by atoms with Crippen LogP contribution < -0.4 is 5.32 Å². The van der Waals surface area contributed by atoms with E-state index in [1.54, 1.807) is 24.5 Å². The van der Waals surface area contributed by atoms with Crippen LogP contribution in [0.4, 0.5) is 0 Å². The highest BCUT2D eigenvalue weighted by atomic mass is 32.1. The molecule has 25 heavy (non-hydrogen) atoms. The molecule has 1 aliphatic heterocycles. The number of carbonyl (C=O) groups is 2. The molecule has 1 aromatic carbocycles. The molecule has 6 heteroatoms. The number of hydrogen-bond donors (Lipinski definition) is 1. The first-order chi connectivity index (χ1) is 12.1. The van der Waals surface area contributed by atoms with Gasteiger partial charge in [-0.05, 0) is 41.1 Å². The van der Waals surface area contributed by atoms with E-state index >= 15 is 0 Å². The fraction of sp³-hybridized carbons (Fsp3) is 0.0526. The van der Waals surface area contributed by atoms with E-state index in [9.17, 15) is 9.59 Å². The Kier molecular flexibility index (Phi) is 4.81. The number of nitrogens with one attached hydrogen (secondary N) is 1. The number of rotatable bonds is 4. The molecule has 1 aromatic heterocycles. The van der Waals surface area contributed by atoms with Crippen LogP contribution in [0.2, 0.25) is 0 Å². The number of thiocarbonyl (C=S) groups is 1. The number of benzene rings is 1. The Hall–Kier alpha value is -3.12. The molecule has 124 valence electrons. The van der Waals surface area contributed by atoms with Gasteiger partial charge in [-0.25, -0.2) is 0 Å². The molecule has 3 rings (SSSR count). The highest BCUT2D eigenvalue weighted by Crippen LogP contribution is 2.20. The van der Waals surface area contributed by atoms with Gasteiger partial charge in [-0.2, -0.15) is 0 Å². The molecular formula is C19H15N3O2S. The highest BCUT2D eigenvalue weighted by molar-refractivity contribution is 7.80. The molecule has 0 bridgehead atoms. The molecule has 0 spiro atoms. The minimum absolute atomic E-state index is 0.0459. The molecule has 1 saturated heterocycles. The lowest BCUT2D eigenvalue weighted by atomic mass is 10.0. The molecule has 0 atom stereocenters. The number of carbonyl (C=O) groups excluding carboxylic acids is 2. The van der Waals surface area contributed by atoms with E-state index in [4.69, 9.17) is 12.2 Å². The number of amides is 2. The molecule has 2 aromatic rings. The van der Waals surface area contributed by atoms with E-state index in [1.807, 2.05) is 36.4 Å². The summed E-state index contributed by atoms with van der Waals surface area (Å²) < 4.78 is 0. The first-order valence-electron chi connectivity index (χ1n) is 7.60. The first-order valence-corrected chi connectivity index (χ1v) is 8.01. The Bertz CT molecular complexity index is 873. The molecule has 2 amide bonds. The van der Waals surface area contributed by atoms with Crippen molar-refractivity contribution in [2.45, 2.75) is 0 Å². The molecule has 0 aliphatic carbocycles. The molecule has 5 nitrogen and oxygen atoms in total. The van der Waals surface area contributed by atoms with E-state index in [0.717, 1.165) is 16.7 Å². The lowest BCUT2D eigenvalue weighted by Crippen LogP contribution is -2.53. The van der Waals surface area contributed by atoms with Gasteiger partial charge in [0.2, 0.25) is 0 Å². The standard InChI is InChI=1S/C19H15N3O2S/c1-2-10-22-18(24)16(17(23)21-19(22)25)11-13-5-7-14(8-6-13)15-4-3-9-20-12-15/h2-9,11-12H,1,10H2,(H,21,23,25)/b16-11+. The third-order valence-corrected chi connectivity index (χ3v) is 4.04. The van der Waals surface area contributed by atoms with Crippen LogP contribution in [0.25, 0.3) is 17.2 Å². The Labute approximate surface area is 150 Å². The van der Waals surface area contributed by atoms with Crippen LogP contribution in [0.3, 0.4) is 0 Å². The van der Waals surface area contributed by atoms with Gasteiger partial charge < -0.3 is 0 Å². The summed E-state index contributed by atoms with van der Waals surface area (Å²) in [7, 11) is 0. The third kappa shape index (κ3) is 3.54.